The Balaban J connectivity index is 2.37. The van der Waals surface area contributed by atoms with E-state index in [4.69, 9.17) is 32.5 Å². The Morgan fingerprint density at radius 1 is 1.42 bits per heavy atom. The van der Waals surface area contributed by atoms with Crippen LogP contribution in [0.1, 0.15) is 11.9 Å². The van der Waals surface area contributed by atoms with E-state index in [1.807, 2.05) is 4.98 Å². The molecule has 1 aliphatic heterocycles. The van der Waals surface area contributed by atoms with Gasteiger partial charge in [0, 0.05) is 6.07 Å². The summed E-state index contributed by atoms with van der Waals surface area (Å²) in [4.78, 5) is 42.3. The summed E-state index contributed by atoms with van der Waals surface area (Å²) in [7, 11) is -4.83. The molecule has 0 radical (unpaired) electrons. The number of aliphatic hydroxyl groups excluding tert-OH is 2. The summed E-state index contributed by atoms with van der Waals surface area (Å²) in [6, 6.07) is 0.908. The van der Waals surface area contributed by atoms with Crippen molar-refractivity contribution < 1.29 is 33.8 Å². The fourth-order valence-corrected chi connectivity index (χ4v) is 2.70. The number of nitrogens with two attached hydrogens (primary N) is 1. The number of nitrogens with one attached hydrogen (secondary N) is 1. The lowest BCUT2D eigenvalue weighted by molar-refractivity contribution is -0.0545. The number of hydrogen-bond acceptors (Lipinski definition) is 8. The van der Waals surface area contributed by atoms with Crippen molar-refractivity contribution in [2.75, 3.05) is 6.61 Å². The Morgan fingerprint density at radius 2 is 2.04 bits per heavy atom. The predicted octanol–water partition coefficient (Wildman–Crippen LogP) is -3.10. The maximum absolute atomic E-state index is 12.0. The van der Waals surface area contributed by atoms with Crippen LogP contribution in [0.2, 0.25) is 0 Å². The average molecular weight is 383 g/mol. The third-order valence-corrected chi connectivity index (χ3v) is 3.92. The molecular weight excluding hydrogens is 369 g/mol. The standard InChI is InChI=1S/C10H14N3O9PS/c11-8(24)3-1-5(14)12-10(17)13(3)9-7(16)6(15)4(22-9)2-21-23(18,19)20/h1,4,6-7,9,15-16H,2H2,(H2,11,24)(H,12,14,17)(H2,18,19,20)/t4-,6-,7-,9-/m1/s1. The molecule has 0 aromatic carbocycles. The number of ether oxygens (including phenoxy) is 1. The van der Waals surface area contributed by atoms with Crippen LogP contribution in [-0.4, -0.2) is 59.5 Å². The number of H-pyrrole nitrogens is 1. The quantitative estimate of drug-likeness (QED) is 0.222. The second-order valence-electron chi connectivity index (χ2n) is 4.89. The second-order valence-corrected chi connectivity index (χ2v) is 6.57. The average Bonchev–Trinajstić information content (AvgIpc) is 2.71. The zero-order valence-electron chi connectivity index (χ0n) is 11.8. The Kier molecular flexibility index (Phi) is 5.37. The van der Waals surface area contributed by atoms with E-state index in [9.17, 15) is 24.4 Å². The van der Waals surface area contributed by atoms with E-state index in [2.05, 4.69) is 4.52 Å². The molecule has 0 saturated carbocycles. The van der Waals surface area contributed by atoms with Gasteiger partial charge < -0.3 is 30.5 Å². The lowest BCUT2D eigenvalue weighted by Gasteiger charge is -2.20. The van der Waals surface area contributed by atoms with Crippen LogP contribution in [0.25, 0.3) is 0 Å². The summed E-state index contributed by atoms with van der Waals surface area (Å²) < 4.78 is 20.9. The van der Waals surface area contributed by atoms with Crippen LogP contribution in [0.3, 0.4) is 0 Å². The minimum absolute atomic E-state index is 0.216. The van der Waals surface area contributed by atoms with Crippen LogP contribution in [0.15, 0.2) is 15.7 Å². The molecule has 24 heavy (non-hydrogen) atoms. The third kappa shape index (κ3) is 3.96. The summed E-state index contributed by atoms with van der Waals surface area (Å²) in [5, 5.41) is 20.0. The minimum atomic E-state index is -4.83. The van der Waals surface area contributed by atoms with Gasteiger partial charge in [0.1, 0.15) is 23.3 Å². The number of aliphatic hydroxyl groups is 2. The fourth-order valence-electron chi connectivity index (χ4n) is 2.20. The van der Waals surface area contributed by atoms with Gasteiger partial charge in [-0.3, -0.25) is 18.9 Å². The van der Waals surface area contributed by atoms with Crippen molar-refractivity contribution in [1.82, 2.24) is 9.55 Å². The first kappa shape index (κ1) is 18.9. The summed E-state index contributed by atoms with van der Waals surface area (Å²) in [6.07, 6.45) is -6.16. The molecule has 1 aromatic heterocycles. The van der Waals surface area contributed by atoms with E-state index in [1.165, 1.54) is 0 Å². The molecule has 2 rings (SSSR count). The van der Waals surface area contributed by atoms with Gasteiger partial charge in [0.05, 0.1) is 12.3 Å². The van der Waals surface area contributed by atoms with Crippen molar-refractivity contribution in [3.8, 4) is 0 Å². The Labute approximate surface area is 138 Å². The number of phosphoric ester groups is 1. The SMILES string of the molecule is NC(=S)c1cc(=O)[nH]c(=O)n1[C@@H]1O[C@H](COP(=O)(O)O)[C@@H](O)[C@H]1O. The van der Waals surface area contributed by atoms with Crippen LogP contribution in [0.5, 0.6) is 0 Å². The van der Waals surface area contributed by atoms with Crippen molar-refractivity contribution >= 4 is 25.0 Å². The van der Waals surface area contributed by atoms with Gasteiger partial charge in [0.2, 0.25) is 0 Å². The molecule has 1 fully saturated rings. The molecule has 1 aromatic rings. The zero-order chi connectivity index (χ0) is 18.2. The maximum Gasteiger partial charge on any atom is 0.469 e. The highest BCUT2D eigenvalue weighted by atomic mass is 32.1. The third-order valence-electron chi connectivity index (χ3n) is 3.23. The number of aromatic nitrogens is 2. The highest BCUT2D eigenvalue weighted by Gasteiger charge is 2.45. The van der Waals surface area contributed by atoms with E-state index in [0.29, 0.717) is 0 Å². The van der Waals surface area contributed by atoms with Crippen LogP contribution < -0.4 is 17.0 Å². The van der Waals surface area contributed by atoms with Crippen molar-refractivity contribution in [2.24, 2.45) is 5.73 Å². The zero-order valence-corrected chi connectivity index (χ0v) is 13.5. The van der Waals surface area contributed by atoms with Crippen LogP contribution >= 0.6 is 20.0 Å². The van der Waals surface area contributed by atoms with Crippen molar-refractivity contribution in [3.05, 3.63) is 32.6 Å². The molecule has 0 bridgehead atoms. The monoisotopic (exact) mass is 383 g/mol. The van der Waals surface area contributed by atoms with Crippen molar-refractivity contribution in [3.63, 3.8) is 0 Å². The van der Waals surface area contributed by atoms with E-state index in [-0.39, 0.29) is 10.7 Å². The topological polar surface area (TPSA) is 197 Å². The molecule has 1 saturated heterocycles. The highest BCUT2D eigenvalue weighted by molar-refractivity contribution is 7.80. The highest BCUT2D eigenvalue weighted by Crippen LogP contribution is 2.38. The number of rotatable bonds is 5. The molecule has 0 amide bonds. The molecule has 2 heterocycles. The first-order valence-corrected chi connectivity index (χ1v) is 8.32. The van der Waals surface area contributed by atoms with Gasteiger partial charge in [-0.05, 0) is 0 Å². The molecule has 134 valence electrons. The Bertz CT molecular complexity index is 801. The van der Waals surface area contributed by atoms with E-state index >= 15 is 0 Å². The largest absolute Gasteiger partial charge is 0.469 e. The Hall–Kier alpha value is -1.44. The van der Waals surface area contributed by atoms with Gasteiger partial charge in [-0.15, -0.1) is 0 Å². The number of nitrogens with zero attached hydrogens (tertiary/aromatic N) is 1. The lowest BCUT2D eigenvalue weighted by atomic mass is 10.1. The molecule has 14 heteroatoms. The second kappa shape index (κ2) is 6.82. The van der Waals surface area contributed by atoms with Crippen molar-refractivity contribution in [2.45, 2.75) is 24.5 Å². The number of thiocarbonyl (C=S) groups is 1. The summed E-state index contributed by atoms with van der Waals surface area (Å²) in [6.45, 7) is -0.750. The van der Waals surface area contributed by atoms with E-state index < -0.39 is 50.2 Å². The summed E-state index contributed by atoms with van der Waals surface area (Å²) in [5.74, 6) is 0. The molecular formula is C10H14N3O9PS. The molecule has 4 atom stereocenters. The molecule has 1 aliphatic rings. The summed E-state index contributed by atoms with van der Waals surface area (Å²) in [5.41, 5.74) is 3.44. The van der Waals surface area contributed by atoms with Gasteiger partial charge in [-0.25, -0.2) is 9.36 Å². The molecule has 0 spiro atoms. The lowest BCUT2D eigenvalue weighted by Crippen LogP contribution is -2.41. The van der Waals surface area contributed by atoms with Gasteiger partial charge in [-0.1, -0.05) is 12.2 Å². The molecule has 12 nitrogen and oxygen atoms in total. The first-order valence-electron chi connectivity index (χ1n) is 6.38. The number of hydrogen-bond donors (Lipinski definition) is 6. The van der Waals surface area contributed by atoms with E-state index in [0.717, 1.165) is 10.6 Å². The predicted molar refractivity (Wildman–Crippen MR) is 81.1 cm³/mol. The first-order chi connectivity index (χ1) is 11.0. The minimum Gasteiger partial charge on any atom is -0.388 e. The van der Waals surface area contributed by atoms with Gasteiger partial charge in [0.25, 0.3) is 5.56 Å². The number of aromatic amines is 1. The van der Waals surface area contributed by atoms with Crippen LogP contribution in [0, 0.1) is 0 Å². The molecule has 7 N–H and O–H groups in total. The van der Waals surface area contributed by atoms with Gasteiger partial charge in [0.15, 0.2) is 6.23 Å². The normalized spacial score (nSPS) is 27.3. The molecule has 0 aliphatic carbocycles. The summed E-state index contributed by atoms with van der Waals surface area (Å²) >= 11 is 4.74. The van der Waals surface area contributed by atoms with Gasteiger partial charge >= 0.3 is 13.5 Å². The van der Waals surface area contributed by atoms with E-state index in [1.54, 1.807) is 0 Å². The maximum atomic E-state index is 12.0. The van der Waals surface area contributed by atoms with Gasteiger partial charge in [-0.2, -0.15) is 0 Å². The Morgan fingerprint density at radius 3 is 2.58 bits per heavy atom. The van der Waals surface area contributed by atoms with Crippen molar-refractivity contribution in [1.29, 1.82) is 0 Å². The van der Waals surface area contributed by atoms with Crippen LogP contribution in [-0.2, 0) is 13.8 Å². The fraction of sp³-hybridized carbons (Fsp3) is 0.500. The smallest absolute Gasteiger partial charge is 0.388 e. The van der Waals surface area contributed by atoms with Crippen LogP contribution in [0.4, 0.5) is 0 Å². The molecule has 0 unspecified atom stereocenters. The number of phosphoric acid groups is 1.